The van der Waals surface area contributed by atoms with Gasteiger partial charge in [-0.2, -0.15) is 8.42 Å². The van der Waals surface area contributed by atoms with E-state index in [0.717, 1.165) is 18.5 Å². The molecule has 0 saturated carbocycles. The lowest BCUT2D eigenvalue weighted by Crippen LogP contribution is -2.21. The Morgan fingerprint density at radius 3 is 2.86 bits per heavy atom. The van der Waals surface area contributed by atoms with Gasteiger partial charge in [0.05, 0.1) is 11.7 Å². The largest absolute Gasteiger partial charge is 0.378 e. The zero-order chi connectivity index (χ0) is 14.9. The maximum atomic E-state index is 11.1. The molecule has 0 fully saturated rings. The van der Waals surface area contributed by atoms with Crippen molar-refractivity contribution in [3.05, 3.63) is 46.2 Å². The molecule has 4 N–H and O–H groups in total. The molecule has 1 aromatic carbocycles. The van der Waals surface area contributed by atoms with Gasteiger partial charge in [-0.1, -0.05) is 6.07 Å². The summed E-state index contributed by atoms with van der Waals surface area (Å²) in [5, 5.41) is 10.6. The van der Waals surface area contributed by atoms with Crippen LogP contribution in [0.15, 0.2) is 35.7 Å². The SMILES string of the molecule is NS(=O)(=O)Nc1cccc(NC2CCCc3sccc32)c1. The van der Waals surface area contributed by atoms with Crippen LogP contribution in [0.3, 0.4) is 0 Å². The molecule has 1 unspecified atom stereocenters. The van der Waals surface area contributed by atoms with Gasteiger partial charge in [0, 0.05) is 10.6 Å². The summed E-state index contributed by atoms with van der Waals surface area (Å²) in [6.07, 6.45) is 3.40. The van der Waals surface area contributed by atoms with Crippen molar-refractivity contribution in [1.29, 1.82) is 0 Å². The summed E-state index contributed by atoms with van der Waals surface area (Å²) in [4.78, 5) is 1.44. The number of rotatable bonds is 4. The second kappa shape index (κ2) is 5.67. The van der Waals surface area contributed by atoms with Crippen LogP contribution < -0.4 is 15.2 Å². The minimum atomic E-state index is -3.74. The Balaban J connectivity index is 1.79. The van der Waals surface area contributed by atoms with Crippen molar-refractivity contribution in [3.63, 3.8) is 0 Å². The highest BCUT2D eigenvalue weighted by Gasteiger charge is 2.20. The Hall–Kier alpha value is -1.57. The molecule has 112 valence electrons. The lowest BCUT2D eigenvalue weighted by molar-refractivity contribution is 0.603. The van der Waals surface area contributed by atoms with E-state index in [9.17, 15) is 8.42 Å². The number of hydrogen-bond acceptors (Lipinski definition) is 4. The number of thiophene rings is 1. The fraction of sp³-hybridized carbons (Fsp3) is 0.286. The second-order valence-electron chi connectivity index (χ2n) is 5.12. The van der Waals surface area contributed by atoms with E-state index in [-0.39, 0.29) is 6.04 Å². The molecule has 5 nitrogen and oxygen atoms in total. The highest BCUT2D eigenvalue weighted by molar-refractivity contribution is 7.90. The van der Waals surface area contributed by atoms with E-state index >= 15 is 0 Å². The molecular weight excluding hydrogens is 306 g/mol. The molecule has 1 aliphatic carbocycles. The van der Waals surface area contributed by atoms with Gasteiger partial charge in [-0.05, 0) is 54.5 Å². The van der Waals surface area contributed by atoms with Gasteiger partial charge in [0.1, 0.15) is 0 Å². The van der Waals surface area contributed by atoms with E-state index < -0.39 is 10.2 Å². The zero-order valence-corrected chi connectivity index (χ0v) is 13.0. The molecule has 2 aromatic rings. The van der Waals surface area contributed by atoms with Crippen molar-refractivity contribution >= 4 is 32.9 Å². The topological polar surface area (TPSA) is 84.2 Å². The number of fused-ring (bicyclic) bond motifs is 1. The first kappa shape index (κ1) is 14.4. The lowest BCUT2D eigenvalue weighted by atomic mass is 9.94. The minimum Gasteiger partial charge on any atom is -0.378 e. The summed E-state index contributed by atoms with van der Waals surface area (Å²) >= 11 is 1.80. The average Bonchev–Trinajstić information content (AvgIpc) is 2.86. The van der Waals surface area contributed by atoms with E-state index in [1.807, 2.05) is 6.07 Å². The predicted octanol–water partition coefficient (Wildman–Crippen LogP) is 2.85. The van der Waals surface area contributed by atoms with Gasteiger partial charge in [0.2, 0.25) is 0 Å². The quantitative estimate of drug-likeness (QED) is 0.809. The van der Waals surface area contributed by atoms with Crippen molar-refractivity contribution in [1.82, 2.24) is 0 Å². The first-order chi connectivity index (χ1) is 10.0. The monoisotopic (exact) mass is 323 g/mol. The number of nitrogens with two attached hydrogens (primary N) is 1. The first-order valence-corrected chi connectivity index (χ1v) is 9.17. The molecule has 0 amide bonds. The summed E-state index contributed by atoms with van der Waals surface area (Å²) in [6.45, 7) is 0. The third-order valence-corrected chi connectivity index (χ3v) is 5.03. The molecule has 0 aliphatic heterocycles. The first-order valence-electron chi connectivity index (χ1n) is 6.75. The van der Waals surface area contributed by atoms with Crippen molar-refractivity contribution in [2.24, 2.45) is 5.14 Å². The number of aryl methyl sites for hydroxylation is 1. The molecule has 3 rings (SSSR count). The number of hydrogen-bond donors (Lipinski definition) is 3. The van der Waals surface area contributed by atoms with Crippen LogP contribution in [0.4, 0.5) is 11.4 Å². The van der Waals surface area contributed by atoms with E-state index in [2.05, 4.69) is 21.5 Å². The van der Waals surface area contributed by atoms with Crippen LogP contribution in [0.5, 0.6) is 0 Å². The summed E-state index contributed by atoms with van der Waals surface area (Å²) in [5.41, 5.74) is 2.70. The molecule has 7 heteroatoms. The smallest absolute Gasteiger partial charge is 0.296 e. The van der Waals surface area contributed by atoms with Gasteiger partial charge < -0.3 is 5.32 Å². The molecule has 1 aromatic heterocycles. The van der Waals surface area contributed by atoms with Crippen LogP contribution in [0.1, 0.15) is 29.3 Å². The van der Waals surface area contributed by atoms with E-state index in [1.165, 1.54) is 16.9 Å². The van der Waals surface area contributed by atoms with E-state index in [0.29, 0.717) is 5.69 Å². The van der Waals surface area contributed by atoms with Crippen molar-refractivity contribution < 1.29 is 8.42 Å². The van der Waals surface area contributed by atoms with Crippen molar-refractivity contribution in [3.8, 4) is 0 Å². The van der Waals surface area contributed by atoms with Gasteiger partial charge in [-0.15, -0.1) is 11.3 Å². The van der Waals surface area contributed by atoms with Gasteiger partial charge in [0.15, 0.2) is 0 Å². The molecule has 1 heterocycles. The third kappa shape index (κ3) is 3.55. The zero-order valence-electron chi connectivity index (χ0n) is 11.4. The maximum absolute atomic E-state index is 11.1. The Bertz CT molecular complexity index is 740. The van der Waals surface area contributed by atoms with E-state index in [4.69, 9.17) is 5.14 Å². The molecule has 21 heavy (non-hydrogen) atoms. The second-order valence-corrected chi connectivity index (χ2v) is 7.41. The molecule has 1 atom stereocenters. The molecule has 0 radical (unpaired) electrons. The van der Waals surface area contributed by atoms with Crippen LogP contribution in [0.25, 0.3) is 0 Å². The lowest BCUT2D eigenvalue weighted by Gasteiger charge is -2.25. The predicted molar refractivity (Wildman–Crippen MR) is 86.8 cm³/mol. The highest BCUT2D eigenvalue weighted by Crippen LogP contribution is 2.35. The van der Waals surface area contributed by atoms with Gasteiger partial charge in [0.25, 0.3) is 10.2 Å². The summed E-state index contributed by atoms with van der Waals surface area (Å²) in [5.74, 6) is 0. The van der Waals surface area contributed by atoms with Crippen molar-refractivity contribution in [2.45, 2.75) is 25.3 Å². The third-order valence-electron chi connectivity index (χ3n) is 3.52. The van der Waals surface area contributed by atoms with Crippen LogP contribution in [-0.2, 0) is 16.6 Å². The highest BCUT2D eigenvalue weighted by atomic mass is 32.2. The standard InChI is InChI=1S/C14H17N3O2S2/c15-21(18,19)17-11-4-1-3-10(9-11)16-13-5-2-6-14-12(13)7-8-20-14/h1,3-4,7-9,13,16-17H,2,5-6H2,(H2,15,18,19). The normalized spacial score (nSPS) is 18.0. The Morgan fingerprint density at radius 2 is 2.05 bits per heavy atom. The van der Waals surface area contributed by atoms with Gasteiger partial charge >= 0.3 is 0 Å². The molecule has 0 saturated heterocycles. The maximum Gasteiger partial charge on any atom is 0.296 e. The van der Waals surface area contributed by atoms with Crippen molar-refractivity contribution in [2.75, 3.05) is 10.0 Å². The Kier molecular flexibility index (Phi) is 3.88. The van der Waals surface area contributed by atoms with Gasteiger partial charge in [-0.3, -0.25) is 4.72 Å². The van der Waals surface area contributed by atoms with Crippen LogP contribution in [-0.4, -0.2) is 8.42 Å². The van der Waals surface area contributed by atoms with Gasteiger partial charge in [-0.25, -0.2) is 5.14 Å². The number of benzene rings is 1. The summed E-state index contributed by atoms with van der Waals surface area (Å²) in [7, 11) is -3.74. The summed E-state index contributed by atoms with van der Waals surface area (Å²) in [6, 6.07) is 9.60. The molecule has 1 aliphatic rings. The van der Waals surface area contributed by atoms with Crippen LogP contribution in [0, 0.1) is 0 Å². The van der Waals surface area contributed by atoms with E-state index in [1.54, 1.807) is 29.5 Å². The molecular formula is C14H17N3O2S2. The minimum absolute atomic E-state index is 0.282. The number of anilines is 2. The average molecular weight is 323 g/mol. The van der Waals surface area contributed by atoms with Crippen LogP contribution >= 0.6 is 11.3 Å². The molecule has 0 spiro atoms. The summed E-state index contributed by atoms with van der Waals surface area (Å²) < 4.78 is 24.4. The molecule has 0 bridgehead atoms. The van der Waals surface area contributed by atoms with Crippen LogP contribution in [0.2, 0.25) is 0 Å². The number of nitrogens with one attached hydrogen (secondary N) is 2. The fourth-order valence-corrected chi connectivity index (χ4v) is 4.12. The Labute approximate surface area is 128 Å². The fourth-order valence-electron chi connectivity index (χ4n) is 2.67. The Morgan fingerprint density at radius 1 is 1.24 bits per heavy atom.